The summed E-state index contributed by atoms with van der Waals surface area (Å²) < 4.78 is 42.8. The molecule has 0 fully saturated rings. The summed E-state index contributed by atoms with van der Waals surface area (Å²) in [6, 6.07) is 9.90. The van der Waals surface area contributed by atoms with Crippen LogP contribution >= 0.6 is 0 Å². The average Bonchev–Trinajstić information content (AvgIpc) is 3.22. The fourth-order valence-electron chi connectivity index (χ4n) is 2.80. The smallest absolute Gasteiger partial charge is 0.307 e. The summed E-state index contributed by atoms with van der Waals surface area (Å²) in [6.45, 7) is 3.87. The molecule has 7 nitrogen and oxygen atoms in total. The second-order valence-corrected chi connectivity index (χ2v) is 6.82. The molecule has 0 aliphatic heterocycles. The second kappa shape index (κ2) is 10.5. The van der Waals surface area contributed by atoms with Crippen molar-refractivity contribution in [3.8, 4) is 17.1 Å². The number of hydrogen-bond donors (Lipinski definition) is 1. The second-order valence-electron chi connectivity index (χ2n) is 6.82. The first kappa shape index (κ1) is 22.9. The fourth-order valence-corrected chi connectivity index (χ4v) is 2.80. The van der Waals surface area contributed by atoms with Crippen LogP contribution in [0.2, 0.25) is 0 Å². The number of hydrogen-bond acceptors (Lipinski definition) is 6. The average molecular weight is 444 g/mol. The highest BCUT2D eigenvalue weighted by Gasteiger charge is 2.19. The van der Waals surface area contributed by atoms with Crippen LogP contribution in [0.1, 0.15) is 26.2 Å². The third kappa shape index (κ3) is 6.13. The number of benzene rings is 2. The number of oxazole rings is 1. The first-order valence-electron chi connectivity index (χ1n) is 9.99. The summed E-state index contributed by atoms with van der Waals surface area (Å²) in [5, 5.41) is 2.66. The maximum Gasteiger partial charge on any atom is 0.307 e. The van der Waals surface area contributed by atoms with Crippen LogP contribution in [0.4, 0.5) is 14.5 Å². The Bertz CT molecular complexity index is 1080. The van der Waals surface area contributed by atoms with Crippen molar-refractivity contribution in [3.63, 3.8) is 0 Å². The number of amides is 1. The van der Waals surface area contributed by atoms with Crippen molar-refractivity contribution < 1.29 is 32.3 Å². The molecule has 0 aliphatic rings. The lowest BCUT2D eigenvalue weighted by molar-refractivity contribution is -0.153. The minimum atomic E-state index is -1.01. The normalized spacial score (nSPS) is 11.6. The molecule has 1 heterocycles. The zero-order valence-corrected chi connectivity index (χ0v) is 17.6. The lowest BCUT2D eigenvalue weighted by atomic mass is 10.2. The van der Waals surface area contributed by atoms with E-state index in [-0.39, 0.29) is 30.1 Å². The third-order valence-corrected chi connectivity index (χ3v) is 4.40. The van der Waals surface area contributed by atoms with Crippen LogP contribution in [0.5, 0.6) is 5.75 Å². The molecule has 1 N–H and O–H groups in total. The van der Waals surface area contributed by atoms with Gasteiger partial charge in [0.05, 0.1) is 24.8 Å². The van der Waals surface area contributed by atoms with Gasteiger partial charge >= 0.3 is 5.97 Å². The Labute approximate surface area is 183 Å². The number of aromatic nitrogens is 1. The molecule has 0 radical (unpaired) electrons. The van der Waals surface area contributed by atoms with Gasteiger partial charge in [0.1, 0.15) is 17.4 Å². The quantitative estimate of drug-likeness (QED) is 0.488. The van der Waals surface area contributed by atoms with Gasteiger partial charge in [-0.05, 0) is 50.2 Å². The van der Waals surface area contributed by atoms with Crippen molar-refractivity contribution in [3.05, 3.63) is 66.2 Å². The van der Waals surface area contributed by atoms with Crippen LogP contribution in [0.15, 0.2) is 53.1 Å². The predicted octanol–water partition coefficient (Wildman–Crippen LogP) is 4.52. The van der Waals surface area contributed by atoms with Crippen molar-refractivity contribution in [1.29, 1.82) is 0 Å². The van der Waals surface area contributed by atoms with E-state index in [9.17, 15) is 18.4 Å². The third-order valence-electron chi connectivity index (χ3n) is 4.40. The number of aryl methyl sites for hydroxylation is 1. The molecule has 2 aromatic carbocycles. The van der Waals surface area contributed by atoms with E-state index >= 15 is 0 Å². The molecule has 1 amide bonds. The largest absolute Gasteiger partial charge is 0.494 e. The number of anilines is 1. The molecule has 0 saturated carbocycles. The standard InChI is InChI=1S/C23H22F2N2O5/c1-3-30-17-7-5-16(6-8-17)27-23(29)14(2)31-22(28)11-10-21-26-13-20(32-21)18-9-4-15(24)12-19(18)25/h4-9,12-14H,3,10-11H2,1-2H3,(H,27,29). The minimum Gasteiger partial charge on any atom is -0.494 e. The van der Waals surface area contributed by atoms with Crippen LogP contribution in [0.3, 0.4) is 0 Å². The molecule has 0 saturated heterocycles. The van der Waals surface area contributed by atoms with Crippen molar-refractivity contribution in [2.45, 2.75) is 32.8 Å². The molecule has 3 aromatic rings. The van der Waals surface area contributed by atoms with Gasteiger partial charge in [0.2, 0.25) is 0 Å². The highest BCUT2D eigenvalue weighted by atomic mass is 19.1. The maximum atomic E-state index is 13.8. The van der Waals surface area contributed by atoms with Gasteiger partial charge < -0.3 is 19.2 Å². The van der Waals surface area contributed by atoms with Gasteiger partial charge in [-0.3, -0.25) is 9.59 Å². The number of nitrogens with one attached hydrogen (secondary N) is 1. The molecular formula is C23H22F2N2O5. The first-order chi connectivity index (χ1) is 15.4. The van der Waals surface area contributed by atoms with Crippen LogP contribution in [0.25, 0.3) is 11.3 Å². The lowest BCUT2D eigenvalue weighted by Gasteiger charge is -2.13. The Morgan fingerprint density at radius 2 is 1.91 bits per heavy atom. The van der Waals surface area contributed by atoms with Crippen molar-refractivity contribution >= 4 is 17.6 Å². The highest BCUT2D eigenvalue weighted by Crippen LogP contribution is 2.24. The van der Waals surface area contributed by atoms with Crippen molar-refractivity contribution in [1.82, 2.24) is 4.98 Å². The number of nitrogens with zero attached hydrogens (tertiary/aromatic N) is 1. The van der Waals surface area contributed by atoms with E-state index in [0.717, 1.165) is 12.1 Å². The summed E-state index contributed by atoms with van der Waals surface area (Å²) in [6.07, 6.45) is 0.285. The van der Waals surface area contributed by atoms with Gasteiger partial charge in [-0.2, -0.15) is 0 Å². The Kier molecular flexibility index (Phi) is 7.54. The molecule has 0 spiro atoms. The van der Waals surface area contributed by atoms with E-state index in [1.807, 2.05) is 6.92 Å². The number of carbonyl (C=O) groups excluding carboxylic acids is 2. The van der Waals surface area contributed by atoms with E-state index in [1.54, 1.807) is 24.3 Å². The Hall–Kier alpha value is -3.75. The van der Waals surface area contributed by atoms with E-state index < -0.39 is 29.6 Å². The topological polar surface area (TPSA) is 90.7 Å². The predicted molar refractivity (Wildman–Crippen MR) is 112 cm³/mol. The van der Waals surface area contributed by atoms with Gasteiger partial charge in [0.15, 0.2) is 17.8 Å². The SMILES string of the molecule is CCOc1ccc(NC(=O)C(C)OC(=O)CCc2ncc(-c3ccc(F)cc3F)o2)cc1. The number of carbonyl (C=O) groups is 2. The van der Waals surface area contributed by atoms with Gasteiger partial charge in [-0.1, -0.05) is 0 Å². The van der Waals surface area contributed by atoms with E-state index in [4.69, 9.17) is 13.9 Å². The zero-order chi connectivity index (χ0) is 23.1. The molecule has 0 aliphatic carbocycles. The molecule has 3 rings (SSSR count). The van der Waals surface area contributed by atoms with Crippen LogP contribution in [-0.4, -0.2) is 29.6 Å². The Balaban J connectivity index is 1.48. The van der Waals surface area contributed by atoms with Crippen molar-refractivity contribution in [2.24, 2.45) is 0 Å². The van der Waals surface area contributed by atoms with Gasteiger partial charge in [-0.15, -0.1) is 0 Å². The molecule has 1 atom stereocenters. The van der Waals surface area contributed by atoms with Gasteiger partial charge in [0, 0.05) is 18.2 Å². The summed E-state index contributed by atoms with van der Waals surface area (Å²) in [7, 11) is 0. The molecule has 0 bridgehead atoms. The fraction of sp³-hybridized carbons (Fsp3) is 0.261. The van der Waals surface area contributed by atoms with E-state index in [2.05, 4.69) is 10.3 Å². The van der Waals surface area contributed by atoms with E-state index in [1.165, 1.54) is 19.2 Å². The highest BCUT2D eigenvalue weighted by molar-refractivity contribution is 5.95. The van der Waals surface area contributed by atoms with Gasteiger partial charge in [-0.25, -0.2) is 13.8 Å². The summed E-state index contributed by atoms with van der Waals surface area (Å²) in [5.41, 5.74) is 0.606. The zero-order valence-electron chi connectivity index (χ0n) is 17.6. The molecule has 1 unspecified atom stereocenters. The first-order valence-corrected chi connectivity index (χ1v) is 9.99. The molecule has 9 heteroatoms. The van der Waals surface area contributed by atoms with Gasteiger partial charge in [0.25, 0.3) is 5.91 Å². The number of halogens is 2. The summed E-state index contributed by atoms with van der Waals surface area (Å²) in [4.78, 5) is 28.3. The molecule has 1 aromatic heterocycles. The van der Waals surface area contributed by atoms with Crippen LogP contribution < -0.4 is 10.1 Å². The monoisotopic (exact) mass is 444 g/mol. The Morgan fingerprint density at radius 3 is 2.59 bits per heavy atom. The maximum absolute atomic E-state index is 13.8. The lowest BCUT2D eigenvalue weighted by Crippen LogP contribution is -2.30. The number of esters is 1. The minimum absolute atomic E-state index is 0.0623. The number of ether oxygens (including phenoxy) is 2. The summed E-state index contributed by atoms with van der Waals surface area (Å²) >= 11 is 0. The Morgan fingerprint density at radius 1 is 1.16 bits per heavy atom. The number of rotatable bonds is 9. The molecule has 32 heavy (non-hydrogen) atoms. The van der Waals surface area contributed by atoms with Crippen LogP contribution in [-0.2, 0) is 20.7 Å². The van der Waals surface area contributed by atoms with Crippen LogP contribution in [0, 0.1) is 11.6 Å². The molecular weight excluding hydrogens is 422 g/mol. The van der Waals surface area contributed by atoms with E-state index in [0.29, 0.717) is 18.0 Å². The molecule has 168 valence electrons. The van der Waals surface area contributed by atoms with Crippen molar-refractivity contribution in [2.75, 3.05) is 11.9 Å². The summed E-state index contributed by atoms with van der Waals surface area (Å²) in [5.74, 6) is -1.59.